The fourth-order valence-electron chi connectivity index (χ4n) is 1.69. The van der Waals surface area contributed by atoms with E-state index in [0.717, 1.165) is 16.9 Å². The predicted molar refractivity (Wildman–Crippen MR) is 74.7 cm³/mol. The molecule has 1 amide bonds. The molecule has 4 nitrogen and oxygen atoms in total. The summed E-state index contributed by atoms with van der Waals surface area (Å²) < 4.78 is 5.21. The van der Waals surface area contributed by atoms with Crippen LogP contribution in [-0.2, 0) is 11.3 Å². The van der Waals surface area contributed by atoms with Crippen LogP contribution < -0.4 is 10.1 Å². The molecule has 2 N–H and O–H groups in total. The van der Waals surface area contributed by atoms with Gasteiger partial charge in [-0.15, -0.1) is 0 Å². The normalized spacial score (nSPS) is 10.6. The number of carbonyl (C=O) groups is 1. The molecule has 1 heterocycles. The van der Waals surface area contributed by atoms with Crippen LogP contribution in [0.5, 0.6) is 5.75 Å². The van der Waals surface area contributed by atoms with Gasteiger partial charge in [0, 0.05) is 30.6 Å². The molecular weight excluding hydrogens is 240 g/mol. The van der Waals surface area contributed by atoms with Crippen molar-refractivity contribution in [2.45, 2.75) is 6.54 Å². The lowest BCUT2D eigenvalue weighted by Crippen LogP contribution is -2.19. The number of H-pyrrole nitrogens is 1. The van der Waals surface area contributed by atoms with Crippen LogP contribution in [0, 0.1) is 0 Å². The summed E-state index contributed by atoms with van der Waals surface area (Å²) in [6.45, 7) is 0.512. The van der Waals surface area contributed by atoms with E-state index in [4.69, 9.17) is 4.74 Å². The Bertz CT molecular complexity index is 559. The van der Waals surface area contributed by atoms with Crippen LogP contribution in [-0.4, -0.2) is 18.0 Å². The van der Waals surface area contributed by atoms with Crippen molar-refractivity contribution < 1.29 is 9.53 Å². The summed E-state index contributed by atoms with van der Waals surface area (Å²) in [5.41, 5.74) is 1.92. The highest BCUT2D eigenvalue weighted by Gasteiger charge is 1.99. The second kappa shape index (κ2) is 6.44. The van der Waals surface area contributed by atoms with E-state index in [1.165, 1.54) is 6.08 Å². The molecule has 1 aromatic heterocycles. The number of rotatable bonds is 5. The monoisotopic (exact) mass is 256 g/mol. The molecule has 0 aliphatic carbocycles. The van der Waals surface area contributed by atoms with Crippen LogP contribution in [0.4, 0.5) is 0 Å². The number of amides is 1. The maximum absolute atomic E-state index is 11.7. The summed E-state index contributed by atoms with van der Waals surface area (Å²) in [5, 5.41) is 2.81. The quantitative estimate of drug-likeness (QED) is 0.807. The highest BCUT2D eigenvalue weighted by Crippen LogP contribution is 2.18. The summed E-state index contributed by atoms with van der Waals surface area (Å²) in [5.74, 6) is 0.615. The molecular formula is C15H16N2O2. The van der Waals surface area contributed by atoms with Gasteiger partial charge in [-0.2, -0.15) is 0 Å². The van der Waals surface area contributed by atoms with Crippen molar-refractivity contribution >= 4 is 12.0 Å². The summed E-state index contributed by atoms with van der Waals surface area (Å²) >= 11 is 0. The molecule has 19 heavy (non-hydrogen) atoms. The van der Waals surface area contributed by atoms with Crippen LogP contribution in [0.15, 0.2) is 48.8 Å². The van der Waals surface area contributed by atoms with Crippen molar-refractivity contribution in [3.63, 3.8) is 0 Å². The van der Waals surface area contributed by atoms with Crippen molar-refractivity contribution in [2.24, 2.45) is 0 Å². The lowest BCUT2D eigenvalue weighted by atomic mass is 10.2. The van der Waals surface area contributed by atoms with E-state index in [0.29, 0.717) is 6.54 Å². The fourth-order valence-corrected chi connectivity index (χ4v) is 1.69. The Balaban J connectivity index is 1.92. The van der Waals surface area contributed by atoms with Gasteiger partial charge in [-0.05, 0) is 23.8 Å². The van der Waals surface area contributed by atoms with Gasteiger partial charge in [0.1, 0.15) is 5.75 Å². The first-order valence-electron chi connectivity index (χ1n) is 6.00. The van der Waals surface area contributed by atoms with E-state index in [9.17, 15) is 4.79 Å². The first kappa shape index (κ1) is 13.0. The fraction of sp³-hybridized carbons (Fsp3) is 0.133. The number of benzene rings is 1. The summed E-state index contributed by atoms with van der Waals surface area (Å²) in [6, 6.07) is 9.47. The summed E-state index contributed by atoms with van der Waals surface area (Å²) in [7, 11) is 1.61. The number of aromatic nitrogens is 1. The van der Waals surface area contributed by atoms with Gasteiger partial charge in [0.25, 0.3) is 0 Å². The van der Waals surface area contributed by atoms with Crippen LogP contribution in [0.1, 0.15) is 11.1 Å². The van der Waals surface area contributed by atoms with Crippen LogP contribution in [0.3, 0.4) is 0 Å². The molecule has 0 saturated carbocycles. The van der Waals surface area contributed by atoms with Crippen molar-refractivity contribution in [2.75, 3.05) is 7.11 Å². The molecule has 0 atom stereocenters. The third-order valence-electron chi connectivity index (χ3n) is 2.68. The summed E-state index contributed by atoms with van der Waals surface area (Å²) in [4.78, 5) is 14.6. The molecule has 0 fully saturated rings. The van der Waals surface area contributed by atoms with Crippen LogP contribution in [0.25, 0.3) is 6.08 Å². The molecule has 0 bridgehead atoms. The maximum atomic E-state index is 11.7. The van der Waals surface area contributed by atoms with Gasteiger partial charge in [0.05, 0.1) is 7.11 Å². The zero-order valence-corrected chi connectivity index (χ0v) is 10.7. The predicted octanol–water partition coefficient (Wildman–Crippen LogP) is 2.35. The van der Waals surface area contributed by atoms with Crippen molar-refractivity contribution in [1.29, 1.82) is 0 Å². The number of hydrogen-bond acceptors (Lipinski definition) is 2. The summed E-state index contributed by atoms with van der Waals surface area (Å²) in [6.07, 6.45) is 6.92. The van der Waals surface area contributed by atoms with Gasteiger partial charge < -0.3 is 15.0 Å². The van der Waals surface area contributed by atoms with E-state index < -0.39 is 0 Å². The number of hydrogen-bond donors (Lipinski definition) is 2. The van der Waals surface area contributed by atoms with Crippen molar-refractivity contribution in [3.8, 4) is 5.75 Å². The van der Waals surface area contributed by atoms with Gasteiger partial charge >= 0.3 is 0 Å². The topological polar surface area (TPSA) is 54.1 Å². The second-order valence-corrected chi connectivity index (χ2v) is 4.01. The van der Waals surface area contributed by atoms with Gasteiger partial charge in [-0.3, -0.25) is 4.79 Å². The molecule has 98 valence electrons. The molecule has 0 radical (unpaired) electrons. The van der Waals surface area contributed by atoms with Crippen LogP contribution >= 0.6 is 0 Å². The minimum atomic E-state index is -0.132. The third-order valence-corrected chi connectivity index (χ3v) is 2.68. The minimum Gasteiger partial charge on any atom is -0.496 e. The average Bonchev–Trinajstić information content (AvgIpc) is 2.96. The Labute approximate surface area is 112 Å². The first-order chi connectivity index (χ1) is 9.29. The van der Waals surface area contributed by atoms with Gasteiger partial charge in [0.15, 0.2) is 0 Å². The Hall–Kier alpha value is -2.49. The van der Waals surface area contributed by atoms with Gasteiger partial charge in [-0.25, -0.2) is 0 Å². The molecule has 2 rings (SSSR count). The largest absolute Gasteiger partial charge is 0.496 e. The smallest absolute Gasteiger partial charge is 0.244 e. The van der Waals surface area contributed by atoms with Crippen molar-refractivity contribution in [1.82, 2.24) is 10.3 Å². The molecule has 0 aliphatic rings. The Morgan fingerprint density at radius 1 is 1.37 bits per heavy atom. The Morgan fingerprint density at radius 3 is 2.95 bits per heavy atom. The number of methoxy groups -OCH3 is 1. The molecule has 0 unspecified atom stereocenters. The van der Waals surface area contributed by atoms with Gasteiger partial charge in [0.2, 0.25) is 5.91 Å². The van der Waals surface area contributed by atoms with Gasteiger partial charge in [-0.1, -0.05) is 18.2 Å². The molecule has 4 heteroatoms. The van der Waals surface area contributed by atoms with E-state index in [1.54, 1.807) is 13.2 Å². The number of carbonyl (C=O) groups excluding carboxylic acids is 1. The standard InChI is InChI=1S/C15H16N2O2/c1-19-14-5-3-2-4-13(14)6-7-15(18)17-11-12-8-9-16-10-12/h2-10,16H,11H2,1H3,(H,17,18)/b7-6+. The minimum absolute atomic E-state index is 0.132. The maximum Gasteiger partial charge on any atom is 0.244 e. The Morgan fingerprint density at radius 2 is 2.21 bits per heavy atom. The second-order valence-electron chi connectivity index (χ2n) is 4.01. The first-order valence-corrected chi connectivity index (χ1v) is 6.00. The lowest BCUT2D eigenvalue weighted by Gasteiger charge is -2.03. The highest BCUT2D eigenvalue weighted by molar-refractivity contribution is 5.92. The molecule has 0 spiro atoms. The molecule has 1 aromatic carbocycles. The Kier molecular flexibility index (Phi) is 4.39. The van der Waals surface area contributed by atoms with E-state index in [2.05, 4.69) is 10.3 Å². The van der Waals surface area contributed by atoms with E-state index in [1.807, 2.05) is 42.7 Å². The van der Waals surface area contributed by atoms with Crippen LogP contribution in [0.2, 0.25) is 0 Å². The van der Waals surface area contributed by atoms with E-state index in [-0.39, 0.29) is 5.91 Å². The molecule has 0 saturated heterocycles. The number of para-hydroxylation sites is 1. The lowest BCUT2D eigenvalue weighted by molar-refractivity contribution is -0.116. The van der Waals surface area contributed by atoms with E-state index >= 15 is 0 Å². The number of ether oxygens (including phenoxy) is 1. The SMILES string of the molecule is COc1ccccc1/C=C/C(=O)NCc1cc[nH]c1. The number of nitrogens with one attached hydrogen (secondary N) is 2. The molecule has 0 aliphatic heterocycles. The number of aromatic amines is 1. The molecule has 2 aromatic rings. The zero-order valence-electron chi connectivity index (χ0n) is 10.7. The highest BCUT2D eigenvalue weighted by atomic mass is 16.5. The van der Waals surface area contributed by atoms with Crippen molar-refractivity contribution in [3.05, 3.63) is 59.9 Å². The zero-order chi connectivity index (χ0) is 13.5. The average molecular weight is 256 g/mol. The third kappa shape index (κ3) is 3.74.